The van der Waals surface area contributed by atoms with Crippen LogP contribution < -0.4 is 10.1 Å². The Bertz CT molecular complexity index is 754. The lowest BCUT2D eigenvalue weighted by Crippen LogP contribution is -2.43. The molecule has 1 aliphatic heterocycles. The minimum Gasteiger partial charge on any atom is -0.492 e. The number of anilines is 1. The second-order valence-corrected chi connectivity index (χ2v) is 6.93. The fourth-order valence-electron chi connectivity index (χ4n) is 3.33. The Hall–Kier alpha value is -2.44. The second kappa shape index (κ2) is 8.50. The summed E-state index contributed by atoms with van der Waals surface area (Å²) in [5, 5.41) is 13.5. The molecule has 0 unspecified atom stereocenters. The van der Waals surface area contributed by atoms with Crippen LogP contribution in [0.1, 0.15) is 25.3 Å². The lowest BCUT2D eigenvalue weighted by Gasteiger charge is -2.38. The van der Waals surface area contributed by atoms with Crippen LogP contribution in [0.4, 0.5) is 10.1 Å². The first kappa shape index (κ1) is 19.3. The lowest BCUT2D eigenvalue weighted by molar-refractivity contribution is -0.114. The number of rotatable bonds is 6. The largest absolute Gasteiger partial charge is 0.492 e. The third kappa shape index (κ3) is 5.28. The maximum absolute atomic E-state index is 13.1. The van der Waals surface area contributed by atoms with Crippen LogP contribution >= 0.6 is 0 Å². The Morgan fingerprint density at radius 2 is 1.78 bits per heavy atom. The lowest BCUT2D eigenvalue weighted by atomic mass is 9.84. The zero-order valence-corrected chi connectivity index (χ0v) is 15.5. The number of hydrogen-bond donors (Lipinski definition) is 2. The fraction of sp³-hybridized carbons (Fsp3) is 0.381. The van der Waals surface area contributed by atoms with Gasteiger partial charge >= 0.3 is 0 Å². The number of aliphatic hydroxyl groups is 1. The highest BCUT2D eigenvalue weighted by molar-refractivity contribution is 5.88. The van der Waals surface area contributed by atoms with Crippen LogP contribution in [0.25, 0.3) is 0 Å². The average Bonchev–Trinajstić information content (AvgIpc) is 2.65. The molecular weight excluding hydrogens is 347 g/mol. The van der Waals surface area contributed by atoms with Crippen molar-refractivity contribution in [2.45, 2.75) is 25.4 Å². The molecule has 2 aromatic rings. The molecular formula is C21H25FN2O3. The van der Waals surface area contributed by atoms with E-state index in [1.54, 1.807) is 24.3 Å². The van der Waals surface area contributed by atoms with E-state index in [1.165, 1.54) is 19.1 Å². The summed E-state index contributed by atoms with van der Waals surface area (Å²) in [6.45, 7) is 4.32. The summed E-state index contributed by atoms with van der Waals surface area (Å²) < 4.78 is 18.8. The van der Waals surface area contributed by atoms with Crippen molar-refractivity contribution < 1.29 is 19.0 Å². The maximum Gasteiger partial charge on any atom is 0.221 e. The average molecular weight is 372 g/mol. The number of hydrogen-bond acceptors (Lipinski definition) is 4. The van der Waals surface area contributed by atoms with Crippen LogP contribution in [0.2, 0.25) is 0 Å². The van der Waals surface area contributed by atoms with E-state index in [-0.39, 0.29) is 11.7 Å². The number of piperidine rings is 1. The Kier molecular flexibility index (Phi) is 6.08. The number of carbonyl (C=O) groups is 1. The summed E-state index contributed by atoms with van der Waals surface area (Å²) >= 11 is 0. The van der Waals surface area contributed by atoms with Gasteiger partial charge in [-0.15, -0.1) is 0 Å². The van der Waals surface area contributed by atoms with E-state index in [1.807, 2.05) is 12.1 Å². The number of carbonyl (C=O) groups excluding carboxylic acids is 1. The van der Waals surface area contributed by atoms with Crippen LogP contribution in [0.3, 0.4) is 0 Å². The molecule has 6 heteroatoms. The topological polar surface area (TPSA) is 61.8 Å². The third-order valence-electron chi connectivity index (χ3n) is 4.92. The van der Waals surface area contributed by atoms with Gasteiger partial charge in [0, 0.05) is 32.2 Å². The first-order valence-corrected chi connectivity index (χ1v) is 9.16. The smallest absolute Gasteiger partial charge is 0.221 e. The summed E-state index contributed by atoms with van der Waals surface area (Å²) in [5.41, 5.74) is 0.634. The molecule has 1 aliphatic rings. The number of nitrogens with zero attached hydrogens (tertiary/aromatic N) is 1. The summed E-state index contributed by atoms with van der Waals surface area (Å²) in [7, 11) is 0. The van der Waals surface area contributed by atoms with E-state index in [0.29, 0.717) is 19.4 Å². The summed E-state index contributed by atoms with van der Waals surface area (Å²) in [6, 6.07) is 13.4. The van der Waals surface area contributed by atoms with Crippen LogP contribution in [0, 0.1) is 5.82 Å². The predicted octanol–water partition coefficient (Wildman–Crippen LogP) is 3.15. The van der Waals surface area contributed by atoms with Crippen LogP contribution in [0.5, 0.6) is 5.75 Å². The standard InChI is InChI=1S/C21H25FN2O3/c1-16(25)23-19-6-8-20(9-7-19)27-15-14-24-12-10-21(26,11-13-24)17-2-4-18(22)5-3-17/h2-9,26H,10-15H2,1H3,(H,23,25). The van der Waals surface area contributed by atoms with Crippen molar-refractivity contribution in [3.8, 4) is 5.75 Å². The number of halogens is 1. The van der Waals surface area contributed by atoms with Crippen LogP contribution in [-0.2, 0) is 10.4 Å². The quantitative estimate of drug-likeness (QED) is 0.818. The molecule has 5 nitrogen and oxygen atoms in total. The van der Waals surface area contributed by atoms with Crippen molar-refractivity contribution in [2.24, 2.45) is 0 Å². The molecule has 2 aromatic carbocycles. The highest BCUT2D eigenvalue weighted by Crippen LogP contribution is 2.32. The van der Waals surface area contributed by atoms with Gasteiger partial charge in [-0.3, -0.25) is 9.69 Å². The van der Waals surface area contributed by atoms with Gasteiger partial charge in [0.2, 0.25) is 5.91 Å². The van der Waals surface area contributed by atoms with E-state index in [9.17, 15) is 14.3 Å². The van der Waals surface area contributed by atoms with Crippen LogP contribution in [-0.4, -0.2) is 42.2 Å². The first-order chi connectivity index (χ1) is 12.9. The zero-order valence-electron chi connectivity index (χ0n) is 15.5. The minimum atomic E-state index is -0.884. The highest BCUT2D eigenvalue weighted by atomic mass is 19.1. The Balaban J connectivity index is 1.43. The summed E-state index contributed by atoms with van der Waals surface area (Å²) in [6.07, 6.45) is 1.23. The van der Waals surface area contributed by atoms with Crippen molar-refractivity contribution in [2.75, 3.05) is 31.6 Å². The molecule has 2 N–H and O–H groups in total. The van der Waals surface area contributed by atoms with Crippen molar-refractivity contribution in [1.82, 2.24) is 4.90 Å². The molecule has 0 spiro atoms. The van der Waals surface area contributed by atoms with E-state index >= 15 is 0 Å². The molecule has 1 saturated heterocycles. The molecule has 1 heterocycles. The summed E-state index contributed by atoms with van der Waals surface area (Å²) in [5.74, 6) is 0.361. The van der Waals surface area contributed by atoms with Gasteiger partial charge in [-0.2, -0.15) is 0 Å². The van der Waals surface area contributed by atoms with E-state index in [2.05, 4.69) is 10.2 Å². The van der Waals surface area contributed by atoms with E-state index in [4.69, 9.17) is 4.74 Å². The number of ether oxygens (including phenoxy) is 1. The summed E-state index contributed by atoms with van der Waals surface area (Å²) in [4.78, 5) is 13.3. The maximum atomic E-state index is 13.1. The van der Waals surface area contributed by atoms with Gasteiger partial charge in [0.1, 0.15) is 18.2 Å². The monoisotopic (exact) mass is 372 g/mol. The second-order valence-electron chi connectivity index (χ2n) is 6.93. The van der Waals surface area contributed by atoms with Gasteiger partial charge in [-0.05, 0) is 54.8 Å². The molecule has 27 heavy (non-hydrogen) atoms. The number of amides is 1. The van der Waals surface area contributed by atoms with Gasteiger partial charge in [-0.1, -0.05) is 12.1 Å². The molecule has 0 bridgehead atoms. The number of likely N-dealkylation sites (tertiary alicyclic amines) is 1. The van der Waals surface area contributed by atoms with Gasteiger partial charge in [-0.25, -0.2) is 4.39 Å². The zero-order chi connectivity index (χ0) is 19.3. The molecule has 144 valence electrons. The molecule has 0 aromatic heterocycles. The molecule has 1 fully saturated rings. The SMILES string of the molecule is CC(=O)Nc1ccc(OCCN2CCC(O)(c3ccc(F)cc3)CC2)cc1. The van der Waals surface area contributed by atoms with Crippen molar-refractivity contribution in [3.05, 3.63) is 59.9 Å². The normalized spacial score (nSPS) is 16.7. The molecule has 1 amide bonds. The number of benzene rings is 2. The van der Waals surface area contributed by atoms with Crippen molar-refractivity contribution >= 4 is 11.6 Å². The molecule has 0 saturated carbocycles. The first-order valence-electron chi connectivity index (χ1n) is 9.16. The van der Waals surface area contributed by atoms with Gasteiger partial charge in [0.15, 0.2) is 0 Å². The predicted molar refractivity (Wildman–Crippen MR) is 102 cm³/mol. The molecule has 0 radical (unpaired) electrons. The minimum absolute atomic E-state index is 0.102. The Labute approximate surface area is 158 Å². The van der Waals surface area contributed by atoms with Gasteiger partial charge < -0.3 is 15.2 Å². The molecule has 0 aliphatic carbocycles. The highest BCUT2D eigenvalue weighted by Gasteiger charge is 2.33. The number of nitrogens with one attached hydrogen (secondary N) is 1. The van der Waals surface area contributed by atoms with Crippen LogP contribution in [0.15, 0.2) is 48.5 Å². The fourth-order valence-corrected chi connectivity index (χ4v) is 3.33. The van der Waals surface area contributed by atoms with E-state index < -0.39 is 5.60 Å². The van der Waals surface area contributed by atoms with Crippen molar-refractivity contribution in [1.29, 1.82) is 0 Å². The Morgan fingerprint density at radius 1 is 1.15 bits per heavy atom. The molecule has 3 rings (SSSR count). The molecule has 0 atom stereocenters. The van der Waals surface area contributed by atoms with Gasteiger partial charge in [0.05, 0.1) is 5.60 Å². The third-order valence-corrected chi connectivity index (χ3v) is 4.92. The van der Waals surface area contributed by atoms with E-state index in [0.717, 1.165) is 36.6 Å². The Morgan fingerprint density at radius 3 is 2.37 bits per heavy atom. The van der Waals surface area contributed by atoms with Gasteiger partial charge in [0.25, 0.3) is 0 Å². The van der Waals surface area contributed by atoms with Crippen molar-refractivity contribution in [3.63, 3.8) is 0 Å².